The second-order valence-electron chi connectivity index (χ2n) is 4.42. The van der Waals surface area contributed by atoms with Crippen LogP contribution in [0.2, 0.25) is 5.02 Å². The molecule has 0 aliphatic rings. The maximum atomic E-state index is 12.1. The van der Waals surface area contributed by atoms with E-state index in [9.17, 15) is 4.79 Å². The van der Waals surface area contributed by atoms with E-state index in [1.807, 2.05) is 24.3 Å². The zero-order chi connectivity index (χ0) is 15.2. The van der Waals surface area contributed by atoms with Crippen molar-refractivity contribution in [2.24, 2.45) is 0 Å². The average Bonchev–Trinajstić information content (AvgIpc) is 2.47. The number of ether oxygens (including phenoxy) is 2. The molecule has 0 atom stereocenters. The van der Waals surface area contributed by atoms with Gasteiger partial charge >= 0.3 is 0 Å². The number of nitrogens with one attached hydrogen (secondary N) is 1. The SMILES string of the molecule is COc1cccc(CC(=O)Nc2cc(Cl)ccc2OC)c1. The smallest absolute Gasteiger partial charge is 0.228 e. The Kier molecular flexibility index (Phi) is 5.06. The molecule has 2 aromatic carbocycles. The van der Waals surface area contributed by atoms with Gasteiger partial charge in [-0.3, -0.25) is 4.79 Å². The van der Waals surface area contributed by atoms with Crippen LogP contribution in [0, 0.1) is 0 Å². The summed E-state index contributed by atoms with van der Waals surface area (Å²) in [4.78, 5) is 12.1. The molecule has 1 amide bonds. The minimum Gasteiger partial charge on any atom is -0.497 e. The Labute approximate surface area is 128 Å². The van der Waals surface area contributed by atoms with Crippen LogP contribution >= 0.6 is 11.6 Å². The van der Waals surface area contributed by atoms with Crippen molar-refractivity contribution in [2.45, 2.75) is 6.42 Å². The molecule has 2 rings (SSSR count). The van der Waals surface area contributed by atoms with E-state index < -0.39 is 0 Å². The molecule has 21 heavy (non-hydrogen) atoms. The average molecular weight is 306 g/mol. The van der Waals surface area contributed by atoms with Gasteiger partial charge in [-0.05, 0) is 35.9 Å². The third-order valence-corrected chi connectivity index (χ3v) is 3.17. The van der Waals surface area contributed by atoms with Gasteiger partial charge in [-0.25, -0.2) is 0 Å². The molecule has 0 aliphatic heterocycles. The zero-order valence-corrected chi connectivity index (χ0v) is 12.6. The summed E-state index contributed by atoms with van der Waals surface area (Å²) in [6.07, 6.45) is 0.243. The first kappa shape index (κ1) is 15.2. The number of methoxy groups -OCH3 is 2. The number of halogens is 1. The molecule has 2 aromatic rings. The van der Waals surface area contributed by atoms with Gasteiger partial charge in [0.1, 0.15) is 11.5 Å². The summed E-state index contributed by atoms with van der Waals surface area (Å²) >= 11 is 5.93. The number of hydrogen-bond donors (Lipinski definition) is 1. The van der Waals surface area contributed by atoms with E-state index in [-0.39, 0.29) is 12.3 Å². The van der Waals surface area contributed by atoms with E-state index in [0.717, 1.165) is 11.3 Å². The van der Waals surface area contributed by atoms with E-state index in [1.54, 1.807) is 32.4 Å². The van der Waals surface area contributed by atoms with Crippen molar-refractivity contribution in [3.05, 3.63) is 53.1 Å². The van der Waals surface area contributed by atoms with Crippen molar-refractivity contribution in [3.63, 3.8) is 0 Å². The van der Waals surface area contributed by atoms with Crippen molar-refractivity contribution < 1.29 is 14.3 Å². The van der Waals surface area contributed by atoms with E-state index in [1.165, 1.54) is 0 Å². The summed E-state index contributed by atoms with van der Waals surface area (Å²) in [6, 6.07) is 12.5. The van der Waals surface area contributed by atoms with Crippen molar-refractivity contribution in [2.75, 3.05) is 19.5 Å². The fourth-order valence-corrected chi connectivity index (χ4v) is 2.11. The molecule has 0 fully saturated rings. The van der Waals surface area contributed by atoms with Crippen LogP contribution in [0.25, 0.3) is 0 Å². The van der Waals surface area contributed by atoms with Crippen molar-refractivity contribution in [3.8, 4) is 11.5 Å². The summed E-state index contributed by atoms with van der Waals surface area (Å²) in [5.41, 5.74) is 1.42. The van der Waals surface area contributed by atoms with Gasteiger partial charge in [-0.15, -0.1) is 0 Å². The van der Waals surface area contributed by atoms with Crippen molar-refractivity contribution in [1.82, 2.24) is 0 Å². The molecule has 5 heteroatoms. The number of amides is 1. The lowest BCUT2D eigenvalue weighted by Gasteiger charge is -2.11. The molecule has 0 heterocycles. The molecular weight excluding hydrogens is 290 g/mol. The lowest BCUT2D eigenvalue weighted by atomic mass is 10.1. The second-order valence-corrected chi connectivity index (χ2v) is 4.86. The maximum Gasteiger partial charge on any atom is 0.228 e. The van der Waals surface area contributed by atoms with Gasteiger partial charge in [0.15, 0.2) is 0 Å². The molecule has 0 unspecified atom stereocenters. The largest absolute Gasteiger partial charge is 0.497 e. The summed E-state index contributed by atoms with van der Waals surface area (Å²) in [5, 5.41) is 3.33. The van der Waals surface area contributed by atoms with E-state index in [2.05, 4.69) is 5.32 Å². The lowest BCUT2D eigenvalue weighted by molar-refractivity contribution is -0.115. The third kappa shape index (κ3) is 4.13. The zero-order valence-electron chi connectivity index (χ0n) is 11.9. The molecule has 0 aliphatic carbocycles. The van der Waals surface area contributed by atoms with Crippen LogP contribution in [0.15, 0.2) is 42.5 Å². The number of benzene rings is 2. The highest BCUT2D eigenvalue weighted by atomic mass is 35.5. The molecule has 4 nitrogen and oxygen atoms in total. The molecule has 0 saturated heterocycles. The van der Waals surface area contributed by atoms with Crippen LogP contribution in [0.4, 0.5) is 5.69 Å². The summed E-state index contributed by atoms with van der Waals surface area (Å²) < 4.78 is 10.3. The monoisotopic (exact) mass is 305 g/mol. The third-order valence-electron chi connectivity index (χ3n) is 2.93. The Bertz CT molecular complexity index is 643. The van der Waals surface area contributed by atoms with Crippen LogP contribution in [0.3, 0.4) is 0 Å². The van der Waals surface area contributed by atoms with Gasteiger partial charge in [0.05, 0.1) is 26.3 Å². The first-order chi connectivity index (χ1) is 10.1. The number of carbonyl (C=O) groups is 1. The van der Waals surface area contributed by atoms with Crippen molar-refractivity contribution >= 4 is 23.2 Å². The van der Waals surface area contributed by atoms with E-state index >= 15 is 0 Å². The van der Waals surface area contributed by atoms with E-state index in [4.69, 9.17) is 21.1 Å². The summed E-state index contributed by atoms with van der Waals surface area (Å²) in [5.74, 6) is 1.14. The highest BCUT2D eigenvalue weighted by Gasteiger charge is 2.09. The molecule has 110 valence electrons. The molecule has 0 bridgehead atoms. The molecule has 0 radical (unpaired) electrons. The van der Waals surface area contributed by atoms with Gasteiger partial charge in [-0.1, -0.05) is 23.7 Å². The second kappa shape index (κ2) is 6.99. The Morgan fingerprint density at radius 2 is 1.95 bits per heavy atom. The fourth-order valence-electron chi connectivity index (χ4n) is 1.94. The predicted molar refractivity (Wildman–Crippen MR) is 83.3 cm³/mol. The van der Waals surface area contributed by atoms with Crippen LogP contribution in [-0.4, -0.2) is 20.1 Å². The lowest BCUT2D eigenvalue weighted by Crippen LogP contribution is -2.15. The van der Waals surface area contributed by atoms with Crippen molar-refractivity contribution in [1.29, 1.82) is 0 Å². The Morgan fingerprint density at radius 3 is 2.67 bits per heavy atom. The minimum absolute atomic E-state index is 0.149. The Morgan fingerprint density at radius 1 is 1.14 bits per heavy atom. The highest BCUT2D eigenvalue weighted by molar-refractivity contribution is 6.31. The molecule has 0 spiro atoms. The first-order valence-corrected chi connectivity index (χ1v) is 6.76. The van der Waals surface area contributed by atoms with Gasteiger partial charge < -0.3 is 14.8 Å². The van der Waals surface area contributed by atoms with E-state index in [0.29, 0.717) is 16.5 Å². The molecule has 0 aromatic heterocycles. The normalized spacial score (nSPS) is 10.0. The maximum absolute atomic E-state index is 12.1. The summed E-state index contributed by atoms with van der Waals surface area (Å²) in [7, 11) is 3.14. The van der Waals surface area contributed by atoms with Crippen LogP contribution in [-0.2, 0) is 11.2 Å². The predicted octanol–water partition coefficient (Wildman–Crippen LogP) is 3.54. The Balaban J connectivity index is 2.09. The van der Waals surface area contributed by atoms with Gasteiger partial charge in [-0.2, -0.15) is 0 Å². The quantitative estimate of drug-likeness (QED) is 0.919. The van der Waals surface area contributed by atoms with Crippen LogP contribution < -0.4 is 14.8 Å². The number of carbonyl (C=O) groups excluding carboxylic acids is 1. The van der Waals surface area contributed by atoms with Gasteiger partial charge in [0.25, 0.3) is 0 Å². The minimum atomic E-state index is -0.149. The van der Waals surface area contributed by atoms with Gasteiger partial charge in [0, 0.05) is 5.02 Å². The van der Waals surface area contributed by atoms with Gasteiger partial charge in [0.2, 0.25) is 5.91 Å². The molecule has 0 saturated carbocycles. The van der Waals surface area contributed by atoms with Crippen LogP contribution in [0.1, 0.15) is 5.56 Å². The topological polar surface area (TPSA) is 47.6 Å². The summed E-state index contributed by atoms with van der Waals surface area (Å²) in [6.45, 7) is 0. The standard InChI is InChI=1S/C16H16ClNO3/c1-20-13-5-3-4-11(8-13)9-16(19)18-14-10-12(17)6-7-15(14)21-2/h3-8,10H,9H2,1-2H3,(H,18,19). The number of anilines is 1. The molecular formula is C16H16ClNO3. The van der Waals surface area contributed by atoms with Crippen LogP contribution in [0.5, 0.6) is 11.5 Å². The number of hydrogen-bond acceptors (Lipinski definition) is 3. The number of rotatable bonds is 5. The Hall–Kier alpha value is -2.20. The highest BCUT2D eigenvalue weighted by Crippen LogP contribution is 2.27. The fraction of sp³-hybridized carbons (Fsp3) is 0.188. The first-order valence-electron chi connectivity index (χ1n) is 6.38. The molecule has 1 N–H and O–H groups in total.